The number of carboxylic acid groups (broad SMARTS) is 1. The molecule has 2 unspecified atom stereocenters. The number of carboxylic acids is 1. The van der Waals surface area contributed by atoms with Crippen LogP contribution >= 0.6 is 0 Å². The van der Waals surface area contributed by atoms with Crippen LogP contribution in [-0.2, 0) is 23.9 Å². The highest BCUT2D eigenvalue weighted by Gasteiger charge is 2.25. The molecule has 1 N–H and O–H groups in total. The van der Waals surface area contributed by atoms with Crippen LogP contribution in [0.1, 0.15) is 41.0 Å². The lowest BCUT2D eigenvalue weighted by molar-refractivity contribution is -0.175. The Labute approximate surface area is 113 Å². The van der Waals surface area contributed by atoms with Crippen LogP contribution in [0.2, 0.25) is 0 Å². The molecule has 0 spiro atoms. The van der Waals surface area contributed by atoms with Crippen molar-refractivity contribution in [2.24, 2.45) is 17.3 Å². The van der Waals surface area contributed by atoms with Crippen LogP contribution in [0.5, 0.6) is 0 Å². The van der Waals surface area contributed by atoms with Crippen molar-refractivity contribution in [3.05, 3.63) is 0 Å². The predicted octanol–water partition coefficient (Wildman–Crippen LogP) is 1.82. The van der Waals surface area contributed by atoms with E-state index in [4.69, 9.17) is 14.6 Å². The Morgan fingerprint density at radius 2 is 1.58 bits per heavy atom. The third-order valence-electron chi connectivity index (χ3n) is 2.53. The monoisotopic (exact) mass is 274 g/mol. The average Bonchev–Trinajstić information content (AvgIpc) is 2.26. The van der Waals surface area contributed by atoms with Crippen molar-refractivity contribution in [2.45, 2.75) is 41.0 Å². The van der Waals surface area contributed by atoms with Crippen LogP contribution in [0, 0.1) is 17.3 Å². The zero-order valence-corrected chi connectivity index (χ0v) is 12.1. The highest BCUT2D eigenvalue weighted by molar-refractivity contribution is 5.76. The fraction of sp³-hybridized carbons (Fsp3) is 0.769. The zero-order valence-electron chi connectivity index (χ0n) is 12.1. The normalized spacial score (nSPS) is 14.4. The number of hydrogen-bond donors (Lipinski definition) is 1. The van der Waals surface area contributed by atoms with Gasteiger partial charge >= 0.3 is 17.9 Å². The summed E-state index contributed by atoms with van der Waals surface area (Å²) < 4.78 is 9.56. The van der Waals surface area contributed by atoms with Crippen LogP contribution in [0.15, 0.2) is 0 Å². The number of ether oxygens (including phenoxy) is 2. The van der Waals surface area contributed by atoms with E-state index in [-0.39, 0.29) is 6.42 Å². The molecule has 0 amide bonds. The summed E-state index contributed by atoms with van der Waals surface area (Å²) in [4.78, 5) is 33.6. The van der Waals surface area contributed by atoms with E-state index >= 15 is 0 Å². The Morgan fingerprint density at radius 1 is 1.05 bits per heavy atom. The van der Waals surface area contributed by atoms with Crippen LogP contribution in [0.25, 0.3) is 0 Å². The third-order valence-corrected chi connectivity index (χ3v) is 2.53. The second-order valence-corrected chi connectivity index (χ2v) is 5.64. The maximum atomic E-state index is 11.5. The SMILES string of the molecule is CC(CC(C)C(=O)OCOC(=O)C(C)(C)C)C(=O)O. The summed E-state index contributed by atoms with van der Waals surface area (Å²) in [6, 6.07) is 0. The molecule has 0 saturated heterocycles. The smallest absolute Gasteiger partial charge is 0.314 e. The maximum absolute atomic E-state index is 11.5. The van der Waals surface area contributed by atoms with Gasteiger partial charge in [0, 0.05) is 0 Å². The summed E-state index contributed by atoms with van der Waals surface area (Å²) in [6.07, 6.45) is 0.182. The van der Waals surface area contributed by atoms with Gasteiger partial charge in [-0.2, -0.15) is 0 Å². The van der Waals surface area contributed by atoms with E-state index in [2.05, 4.69) is 0 Å². The van der Waals surface area contributed by atoms with Gasteiger partial charge in [0.1, 0.15) is 0 Å². The van der Waals surface area contributed by atoms with Crippen molar-refractivity contribution in [3.8, 4) is 0 Å². The first-order valence-corrected chi connectivity index (χ1v) is 6.12. The van der Waals surface area contributed by atoms with Gasteiger partial charge in [-0.25, -0.2) is 0 Å². The molecular weight excluding hydrogens is 252 g/mol. The molecule has 0 aliphatic carbocycles. The first-order valence-electron chi connectivity index (χ1n) is 6.12. The molecule has 0 aromatic rings. The number of carbonyl (C=O) groups excluding carboxylic acids is 2. The second-order valence-electron chi connectivity index (χ2n) is 5.64. The maximum Gasteiger partial charge on any atom is 0.314 e. The minimum atomic E-state index is -0.959. The van der Waals surface area contributed by atoms with Gasteiger partial charge in [0.25, 0.3) is 0 Å². The first-order chi connectivity index (χ1) is 8.55. The lowest BCUT2D eigenvalue weighted by Gasteiger charge is -2.17. The summed E-state index contributed by atoms with van der Waals surface area (Å²) >= 11 is 0. The Balaban J connectivity index is 4.05. The van der Waals surface area contributed by atoms with Crippen molar-refractivity contribution in [1.29, 1.82) is 0 Å². The Morgan fingerprint density at radius 3 is 2.00 bits per heavy atom. The van der Waals surface area contributed by atoms with Crippen molar-refractivity contribution in [3.63, 3.8) is 0 Å². The molecule has 2 atom stereocenters. The Bertz CT molecular complexity index is 342. The molecule has 110 valence electrons. The van der Waals surface area contributed by atoms with Crippen molar-refractivity contribution in [1.82, 2.24) is 0 Å². The van der Waals surface area contributed by atoms with Gasteiger partial charge in [0.2, 0.25) is 6.79 Å². The molecule has 0 bridgehead atoms. The van der Waals surface area contributed by atoms with Crippen LogP contribution < -0.4 is 0 Å². The van der Waals surface area contributed by atoms with Crippen molar-refractivity contribution < 1.29 is 29.0 Å². The lowest BCUT2D eigenvalue weighted by Crippen LogP contribution is -2.26. The summed E-state index contributed by atoms with van der Waals surface area (Å²) in [6.45, 7) is 7.72. The molecule has 0 heterocycles. The molecule has 0 rings (SSSR count). The van der Waals surface area contributed by atoms with Crippen molar-refractivity contribution >= 4 is 17.9 Å². The quantitative estimate of drug-likeness (QED) is 0.587. The van der Waals surface area contributed by atoms with Crippen LogP contribution in [0.3, 0.4) is 0 Å². The number of hydrogen-bond acceptors (Lipinski definition) is 5. The van der Waals surface area contributed by atoms with E-state index in [1.807, 2.05) is 0 Å². The van der Waals surface area contributed by atoms with Gasteiger partial charge < -0.3 is 14.6 Å². The number of carbonyl (C=O) groups is 3. The van der Waals surface area contributed by atoms with Gasteiger partial charge in [-0.3, -0.25) is 14.4 Å². The molecule has 0 radical (unpaired) electrons. The highest BCUT2D eigenvalue weighted by Crippen LogP contribution is 2.16. The Kier molecular flexibility index (Phi) is 6.52. The minimum absolute atomic E-state index is 0.182. The molecule has 6 heteroatoms. The molecule has 0 aliphatic rings. The fourth-order valence-corrected chi connectivity index (χ4v) is 1.23. The lowest BCUT2D eigenvalue weighted by atomic mass is 9.97. The second kappa shape index (κ2) is 7.11. The first kappa shape index (κ1) is 17.4. The van der Waals surface area contributed by atoms with E-state index < -0.39 is 42.0 Å². The van der Waals surface area contributed by atoms with Gasteiger partial charge in [-0.05, 0) is 27.2 Å². The number of rotatable bonds is 6. The molecule has 0 aliphatic heterocycles. The largest absolute Gasteiger partial charge is 0.481 e. The predicted molar refractivity (Wildman–Crippen MR) is 67.1 cm³/mol. The molecular formula is C13H22O6. The van der Waals surface area contributed by atoms with E-state index in [1.54, 1.807) is 27.7 Å². The fourth-order valence-electron chi connectivity index (χ4n) is 1.23. The standard InChI is InChI=1S/C13H22O6/c1-8(10(14)15)6-9(2)11(16)18-7-19-12(17)13(3,4)5/h8-9H,6-7H2,1-5H3,(H,14,15). The number of esters is 2. The van der Waals surface area contributed by atoms with Gasteiger partial charge in [-0.1, -0.05) is 13.8 Å². The van der Waals surface area contributed by atoms with Crippen molar-refractivity contribution in [2.75, 3.05) is 6.79 Å². The third kappa shape index (κ3) is 6.79. The molecule has 0 aromatic carbocycles. The Hall–Kier alpha value is -1.59. The van der Waals surface area contributed by atoms with E-state index in [0.29, 0.717) is 0 Å². The topological polar surface area (TPSA) is 89.9 Å². The van der Waals surface area contributed by atoms with E-state index in [0.717, 1.165) is 0 Å². The summed E-state index contributed by atoms with van der Waals surface area (Å²) in [7, 11) is 0. The zero-order chi connectivity index (χ0) is 15.2. The van der Waals surface area contributed by atoms with Crippen LogP contribution in [0.4, 0.5) is 0 Å². The van der Waals surface area contributed by atoms with Crippen LogP contribution in [-0.4, -0.2) is 29.8 Å². The molecule has 0 saturated carbocycles. The van der Waals surface area contributed by atoms with Gasteiger partial charge in [0.15, 0.2) is 0 Å². The highest BCUT2D eigenvalue weighted by atomic mass is 16.7. The van der Waals surface area contributed by atoms with E-state index in [1.165, 1.54) is 6.92 Å². The average molecular weight is 274 g/mol. The van der Waals surface area contributed by atoms with E-state index in [9.17, 15) is 14.4 Å². The molecule has 0 fully saturated rings. The summed E-state index contributed by atoms with van der Waals surface area (Å²) in [5.41, 5.74) is -0.657. The minimum Gasteiger partial charge on any atom is -0.481 e. The number of aliphatic carboxylic acids is 1. The summed E-state index contributed by atoms with van der Waals surface area (Å²) in [5, 5.41) is 8.73. The molecule has 6 nitrogen and oxygen atoms in total. The van der Waals surface area contributed by atoms with Gasteiger partial charge in [-0.15, -0.1) is 0 Å². The summed E-state index contributed by atoms with van der Waals surface area (Å²) in [5.74, 6) is -3.18. The molecule has 0 aromatic heterocycles. The van der Waals surface area contributed by atoms with Gasteiger partial charge in [0.05, 0.1) is 17.3 Å². The molecule has 19 heavy (non-hydrogen) atoms.